The zero-order valence-corrected chi connectivity index (χ0v) is 23.5. The van der Waals surface area contributed by atoms with Crippen LogP contribution in [0.1, 0.15) is 88.6 Å². The van der Waals surface area contributed by atoms with Gasteiger partial charge in [0.25, 0.3) is 0 Å². The van der Waals surface area contributed by atoms with Gasteiger partial charge in [-0.15, -0.1) is 0 Å². The van der Waals surface area contributed by atoms with Crippen LogP contribution in [0.2, 0.25) is 33.2 Å². The van der Waals surface area contributed by atoms with Crippen LogP contribution in [0.3, 0.4) is 0 Å². The van der Waals surface area contributed by atoms with Crippen molar-refractivity contribution in [3.63, 3.8) is 0 Å². The monoisotopic (exact) mass is 431 g/mol. The van der Waals surface area contributed by atoms with Crippen LogP contribution in [0.15, 0.2) is 30.8 Å². The van der Waals surface area contributed by atoms with E-state index in [-0.39, 0.29) is 0 Å². The maximum absolute atomic E-state index is 4.21. The third-order valence-corrected chi connectivity index (χ3v) is 23.2. The molecule has 0 unspecified atom stereocenters. The Morgan fingerprint density at radius 2 is 0.931 bits per heavy atom. The lowest BCUT2D eigenvalue weighted by Crippen LogP contribution is -2.74. The average molecular weight is 432 g/mol. The predicted octanol–water partition coefficient (Wildman–Crippen LogP) is 9.49. The van der Waals surface area contributed by atoms with E-state index in [0.29, 0.717) is 33.2 Å². The topological polar surface area (TPSA) is 3.24 Å². The number of hydrogen-bond donors (Lipinski definition) is 0. The smallest absolute Gasteiger partial charge is 0.155 e. The maximum Gasteiger partial charge on any atom is 0.155 e. The first-order valence-electron chi connectivity index (χ1n) is 11.9. The molecule has 0 aromatic heterocycles. The summed E-state index contributed by atoms with van der Waals surface area (Å²) in [5.41, 5.74) is 6.88. The highest BCUT2D eigenvalue weighted by Gasteiger charge is 2.59. The van der Waals surface area contributed by atoms with Crippen molar-refractivity contribution >= 4 is 28.2 Å². The summed E-state index contributed by atoms with van der Waals surface area (Å²) >= 11 is 0. The number of benzene rings is 1. The summed E-state index contributed by atoms with van der Waals surface area (Å²) < 4.78 is 3.18. The van der Waals surface area contributed by atoms with Gasteiger partial charge in [-0.3, -0.25) is 0 Å². The second-order valence-electron chi connectivity index (χ2n) is 10.8. The van der Waals surface area contributed by atoms with Crippen LogP contribution in [0.4, 0.5) is 5.69 Å². The van der Waals surface area contributed by atoms with Crippen LogP contribution in [-0.4, -0.2) is 16.5 Å². The van der Waals surface area contributed by atoms with Gasteiger partial charge >= 0.3 is 0 Å². The van der Waals surface area contributed by atoms with E-state index in [0.717, 1.165) is 0 Å². The van der Waals surface area contributed by atoms with E-state index >= 15 is 0 Å². The summed E-state index contributed by atoms with van der Waals surface area (Å²) in [5, 5.41) is 0. The molecule has 29 heavy (non-hydrogen) atoms. The molecular formula is C26H49NSi2. The highest BCUT2D eigenvalue weighted by molar-refractivity contribution is 7.05. The van der Waals surface area contributed by atoms with E-state index in [4.69, 9.17) is 0 Å². The largest absolute Gasteiger partial charge is 0.422 e. The first-order valence-corrected chi connectivity index (χ1v) is 16.2. The highest BCUT2D eigenvalue weighted by atomic mass is 28.4. The molecule has 1 nitrogen and oxygen atoms in total. The van der Waals surface area contributed by atoms with E-state index in [1.165, 1.54) is 11.3 Å². The minimum Gasteiger partial charge on any atom is -0.422 e. The van der Waals surface area contributed by atoms with Crippen LogP contribution in [-0.2, 0) is 0 Å². The molecule has 3 heteroatoms. The number of hydrogen-bond acceptors (Lipinski definition) is 1. The van der Waals surface area contributed by atoms with Gasteiger partial charge in [0.1, 0.15) is 0 Å². The fraction of sp³-hybridized carbons (Fsp3) is 0.692. The summed E-state index contributed by atoms with van der Waals surface area (Å²) in [6.45, 7) is 34.3. The molecule has 166 valence electrons. The van der Waals surface area contributed by atoms with E-state index in [2.05, 4.69) is 124 Å². The molecule has 0 saturated carbocycles. The molecule has 0 aliphatic heterocycles. The Morgan fingerprint density at radius 1 is 0.621 bits per heavy atom. The highest BCUT2D eigenvalue weighted by Crippen LogP contribution is 2.55. The van der Waals surface area contributed by atoms with Crippen LogP contribution in [0.25, 0.3) is 6.08 Å². The lowest BCUT2D eigenvalue weighted by Gasteiger charge is -2.64. The van der Waals surface area contributed by atoms with Gasteiger partial charge in [-0.05, 0) is 44.9 Å². The zero-order chi connectivity index (χ0) is 22.7. The Morgan fingerprint density at radius 3 is 1.21 bits per heavy atom. The SMILES string of the molecule is C=Cc1ccccc1N([Si](C(C)C)(C(C)C)C(C)C)[Si](C(C)C)(C(C)C)C(C)C. The van der Waals surface area contributed by atoms with E-state index in [1.807, 2.05) is 0 Å². The lowest BCUT2D eigenvalue weighted by molar-refractivity contribution is 0.761. The summed E-state index contributed by atoms with van der Waals surface area (Å²) in [5.74, 6) is 0. The fourth-order valence-corrected chi connectivity index (χ4v) is 26.8. The Labute approximate surface area is 185 Å². The number of para-hydroxylation sites is 1. The van der Waals surface area contributed by atoms with Crippen molar-refractivity contribution in [2.75, 3.05) is 4.23 Å². The zero-order valence-electron chi connectivity index (χ0n) is 21.5. The Hall–Kier alpha value is -0.806. The van der Waals surface area contributed by atoms with Gasteiger partial charge in [0, 0.05) is 5.69 Å². The van der Waals surface area contributed by atoms with Gasteiger partial charge in [0.05, 0.1) is 0 Å². The molecule has 0 bridgehead atoms. The van der Waals surface area contributed by atoms with Crippen LogP contribution in [0.5, 0.6) is 0 Å². The van der Waals surface area contributed by atoms with Crippen molar-refractivity contribution in [2.45, 2.75) is 116 Å². The second-order valence-corrected chi connectivity index (χ2v) is 22.6. The average Bonchev–Trinajstić information content (AvgIpc) is 2.59. The first kappa shape index (κ1) is 26.2. The molecule has 0 amide bonds. The van der Waals surface area contributed by atoms with Crippen LogP contribution in [0, 0.1) is 0 Å². The third kappa shape index (κ3) is 4.19. The normalized spacial score (nSPS) is 13.4. The van der Waals surface area contributed by atoms with Crippen molar-refractivity contribution in [3.8, 4) is 0 Å². The maximum atomic E-state index is 4.21. The van der Waals surface area contributed by atoms with Crippen molar-refractivity contribution in [1.29, 1.82) is 0 Å². The van der Waals surface area contributed by atoms with Crippen LogP contribution < -0.4 is 4.23 Å². The molecule has 0 spiro atoms. The molecular weight excluding hydrogens is 382 g/mol. The number of anilines is 1. The predicted molar refractivity (Wildman–Crippen MR) is 141 cm³/mol. The molecule has 0 saturated heterocycles. The fourth-order valence-electron chi connectivity index (χ4n) is 7.17. The second kappa shape index (κ2) is 10.0. The first-order chi connectivity index (χ1) is 13.3. The van der Waals surface area contributed by atoms with Gasteiger partial charge < -0.3 is 4.23 Å². The summed E-state index contributed by atoms with van der Waals surface area (Å²) in [7, 11) is -3.84. The van der Waals surface area contributed by atoms with Crippen molar-refractivity contribution in [1.82, 2.24) is 0 Å². The van der Waals surface area contributed by atoms with E-state index < -0.39 is 16.5 Å². The van der Waals surface area contributed by atoms with Crippen molar-refractivity contribution < 1.29 is 0 Å². The molecule has 1 rings (SSSR count). The lowest BCUT2D eigenvalue weighted by atomic mass is 10.2. The van der Waals surface area contributed by atoms with Crippen LogP contribution >= 0.6 is 0 Å². The molecule has 1 aromatic rings. The summed E-state index contributed by atoms with van der Waals surface area (Å²) in [6.07, 6.45) is 2.09. The molecule has 0 N–H and O–H groups in total. The van der Waals surface area contributed by atoms with Gasteiger partial charge in [0.2, 0.25) is 0 Å². The molecule has 0 radical (unpaired) electrons. The van der Waals surface area contributed by atoms with Gasteiger partial charge in [-0.1, -0.05) is 114 Å². The Bertz CT molecular complexity index is 583. The number of nitrogens with zero attached hydrogens (tertiary/aromatic N) is 1. The van der Waals surface area contributed by atoms with Gasteiger partial charge in [-0.2, -0.15) is 0 Å². The third-order valence-electron chi connectivity index (χ3n) is 7.72. The van der Waals surface area contributed by atoms with Gasteiger partial charge in [0.15, 0.2) is 16.5 Å². The quantitative estimate of drug-likeness (QED) is 0.333. The molecule has 0 heterocycles. The number of rotatable bonds is 10. The summed E-state index contributed by atoms with van der Waals surface area (Å²) in [4.78, 5) is 0. The van der Waals surface area contributed by atoms with E-state index in [9.17, 15) is 0 Å². The Kier molecular flexibility index (Phi) is 9.05. The Balaban J connectivity index is 4.25. The van der Waals surface area contributed by atoms with Crippen molar-refractivity contribution in [3.05, 3.63) is 36.4 Å². The minimum absolute atomic E-state index is 0.684. The van der Waals surface area contributed by atoms with Gasteiger partial charge in [-0.25, -0.2) is 0 Å². The van der Waals surface area contributed by atoms with E-state index in [1.54, 1.807) is 0 Å². The molecule has 0 aliphatic carbocycles. The minimum atomic E-state index is -1.92. The standard InChI is InChI=1S/C26H49NSi2/c1-14-25-17-15-16-18-26(25)27(28(19(2)3,20(4)5)21(6)7)29(22(8)9,23(10)11)24(12)13/h14-24H,1H2,2-13H3. The molecule has 0 atom stereocenters. The molecule has 0 aliphatic rings. The molecule has 1 aromatic carbocycles. The van der Waals surface area contributed by atoms with Crippen molar-refractivity contribution in [2.24, 2.45) is 0 Å². The summed E-state index contributed by atoms with van der Waals surface area (Å²) in [6, 6.07) is 9.09. The molecule has 0 fully saturated rings.